The van der Waals surface area contributed by atoms with E-state index < -0.39 is 11.6 Å². The molecule has 2 N–H and O–H groups in total. The lowest BCUT2D eigenvalue weighted by Crippen LogP contribution is -2.21. The number of aromatic nitrogens is 3. The molecular formula is C10H6N4O2. The quantitative estimate of drug-likeness (QED) is 0.493. The van der Waals surface area contributed by atoms with Gasteiger partial charge >= 0.3 is 0 Å². The number of nitrogens with zero attached hydrogens (tertiary/aromatic N) is 3. The Morgan fingerprint density at radius 1 is 0.938 bits per heavy atom. The Kier molecular flexibility index (Phi) is 1.51. The van der Waals surface area contributed by atoms with E-state index in [0.29, 0.717) is 16.8 Å². The smallest absolute Gasteiger partial charge is 0.256 e. The predicted octanol–water partition coefficient (Wildman–Crippen LogP) is 0.0379. The first-order valence-electron chi connectivity index (χ1n) is 4.59. The molecule has 1 aliphatic carbocycles. The Morgan fingerprint density at radius 3 is 2.31 bits per heavy atom. The number of Topliss-reactive ketones (excluding diaryl/α,β-unsaturated/α-hetero) is 2. The van der Waals surface area contributed by atoms with Gasteiger partial charge in [-0.1, -0.05) is 29.2 Å². The van der Waals surface area contributed by atoms with Crippen LogP contribution in [0, 0.1) is 0 Å². The zero-order valence-corrected chi connectivity index (χ0v) is 8.04. The van der Waals surface area contributed by atoms with Crippen molar-refractivity contribution in [2.75, 3.05) is 5.84 Å². The summed E-state index contributed by atoms with van der Waals surface area (Å²) in [4.78, 5) is 24.2. The van der Waals surface area contributed by atoms with Crippen LogP contribution in [0.15, 0.2) is 24.3 Å². The van der Waals surface area contributed by atoms with Gasteiger partial charge in [0, 0.05) is 11.1 Å². The Bertz CT molecular complexity index is 629. The highest BCUT2D eigenvalue weighted by Gasteiger charge is 2.34. The molecule has 0 bridgehead atoms. The molecule has 0 aliphatic heterocycles. The first-order valence-corrected chi connectivity index (χ1v) is 4.59. The molecule has 1 aromatic heterocycles. The second-order valence-corrected chi connectivity index (χ2v) is 3.42. The fourth-order valence-electron chi connectivity index (χ4n) is 1.77. The van der Waals surface area contributed by atoms with Crippen molar-refractivity contribution in [3.05, 3.63) is 35.5 Å². The zero-order valence-electron chi connectivity index (χ0n) is 8.04. The van der Waals surface area contributed by atoms with E-state index in [0.717, 1.165) is 4.91 Å². The summed E-state index contributed by atoms with van der Waals surface area (Å²) in [6.07, 6.45) is 0. The Hall–Kier alpha value is -2.50. The minimum atomic E-state index is -0.662. The maximum absolute atomic E-state index is 11.7. The van der Waals surface area contributed by atoms with Crippen LogP contribution in [0.25, 0.3) is 11.3 Å². The number of nitrogens with two attached hydrogens (primary N) is 1. The molecule has 1 aromatic carbocycles. The van der Waals surface area contributed by atoms with E-state index in [1.807, 2.05) is 0 Å². The summed E-state index contributed by atoms with van der Waals surface area (Å²) in [5, 5.41) is 7.58. The summed E-state index contributed by atoms with van der Waals surface area (Å²) in [6.45, 7) is 0. The summed E-state index contributed by atoms with van der Waals surface area (Å²) in [5.74, 6) is 4.13. The molecule has 0 atom stereocenters. The third-order valence-electron chi connectivity index (χ3n) is 2.48. The Morgan fingerprint density at radius 2 is 1.56 bits per heavy atom. The van der Waals surface area contributed by atoms with E-state index in [-0.39, 0.29) is 5.69 Å². The molecule has 78 valence electrons. The molecule has 1 aliphatic rings. The van der Waals surface area contributed by atoms with Gasteiger partial charge in [-0.25, -0.2) is 0 Å². The summed E-state index contributed by atoms with van der Waals surface area (Å²) < 4.78 is 0. The monoisotopic (exact) mass is 214 g/mol. The summed E-state index contributed by atoms with van der Waals surface area (Å²) in [5.41, 5.74) is 1.33. The maximum atomic E-state index is 11.7. The summed E-state index contributed by atoms with van der Waals surface area (Å²) in [6, 6.07) is 6.77. The Labute approximate surface area is 89.6 Å². The van der Waals surface area contributed by atoms with Crippen LogP contribution < -0.4 is 5.84 Å². The first-order chi connectivity index (χ1) is 7.68. The van der Waals surface area contributed by atoms with Crippen LogP contribution in [-0.2, 0) is 0 Å². The minimum absolute atomic E-state index is 0.0196. The molecule has 1 heterocycles. The lowest BCUT2D eigenvalue weighted by Gasteiger charge is -2.10. The molecule has 6 heteroatoms. The number of carbonyl (C=O) groups is 2. The minimum Gasteiger partial charge on any atom is -0.306 e. The summed E-state index contributed by atoms with van der Waals surface area (Å²) in [7, 11) is 0. The van der Waals surface area contributed by atoms with E-state index >= 15 is 0 Å². The molecule has 0 saturated carbocycles. The van der Waals surface area contributed by atoms with E-state index in [2.05, 4.69) is 10.2 Å². The normalized spacial score (nSPS) is 13.5. The third-order valence-corrected chi connectivity index (χ3v) is 2.48. The average Bonchev–Trinajstić information content (AvgIpc) is 2.68. The van der Waals surface area contributed by atoms with Crippen molar-refractivity contribution in [3.8, 4) is 11.3 Å². The van der Waals surface area contributed by atoms with Crippen LogP contribution in [0.3, 0.4) is 0 Å². The first kappa shape index (κ1) is 8.78. The van der Waals surface area contributed by atoms with Crippen LogP contribution in [0.4, 0.5) is 0 Å². The van der Waals surface area contributed by atoms with E-state index in [4.69, 9.17) is 5.84 Å². The van der Waals surface area contributed by atoms with Crippen LogP contribution in [0.5, 0.6) is 0 Å². The average molecular weight is 214 g/mol. The summed E-state index contributed by atoms with van der Waals surface area (Å²) >= 11 is 0. The topological polar surface area (TPSA) is 90.9 Å². The highest BCUT2D eigenvalue weighted by atomic mass is 16.2. The molecule has 3 rings (SSSR count). The van der Waals surface area contributed by atoms with Crippen LogP contribution in [-0.4, -0.2) is 26.7 Å². The van der Waals surface area contributed by atoms with Crippen LogP contribution in [0.1, 0.15) is 20.8 Å². The van der Waals surface area contributed by atoms with Gasteiger partial charge in [0.15, 0.2) is 5.69 Å². The van der Waals surface area contributed by atoms with Crippen molar-refractivity contribution in [2.45, 2.75) is 0 Å². The van der Waals surface area contributed by atoms with E-state index in [1.165, 1.54) is 0 Å². The number of carbonyl (C=O) groups excluding carboxylic acids is 2. The van der Waals surface area contributed by atoms with Gasteiger partial charge in [-0.15, -0.1) is 10.2 Å². The molecular weight excluding hydrogens is 208 g/mol. The molecule has 0 fully saturated rings. The number of hydrogen-bond donors (Lipinski definition) is 1. The van der Waals surface area contributed by atoms with Gasteiger partial charge in [-0.3, -0.25) is 9.59 Å². The second kappa shape index (κ2) is 2.75. The standard InChI is InChI=1S/C10H6N4O2/c11-14-12-7-5-3-1-2-4-6(5)9(15)10(16)8(7)13-14/h1-4H,11H2. The van der Waals surface area contributed by atoms with Crippen molar-refractivity contribution in [2.24, 2.45) is 0 Å². The molecule has 2 aromatic rings. The fourth-order valence-corrected chi connectivity index (χ4v) is 1.77. The maximum Gasteiger partial charge on any atom is 0.256 e. The number of ketones is 2. The molecule has 0 spiro atoms. The molecule has 16 heavy (non-hydrogen) atoms. The molecule has 6 nitrogen and oxygen atoms in total. The number of benzene rings is 1. The number of hydrogen-bond acceptors (Lipinski definition) is 5. The van der Waals surface area contributed by atoms with Crippen molar-refractivity contribution in [1.29, 1.82) is 0 Å². The largest absolute Gasteiger partial charge is 0.306 e. The van der Waals surface area contributed by atoms with Gasteiger partial charge in [0.1, 0.15) is 5.69 Å². The SMILES string of the molecule is Nn1nc2c(n1)-c1ccccc1C(=O)C2=O. The number of fused-ring (bicyclic) bond motifs is 3. The van der Waals surface area contributed by atoms with Crippen LogP contribution in [0.2, 0.25) is 0 Å². The zero-order chi connectivity index (χ0) is 11.3. The molecule has 0 unspecified atom stereocenters. The van der Waals surface area contributed by atoms with Gasteiger partial charge in [0.25, 0.3) is 5.78 Å². The lowest BCUT2D eigenvalue weighted by atomic mass is 9.90. The van der Waals surface area contributed by atoms with Gasteiger partial charge in [0.05, 0.1) is 0 Å². The highest BCUT2D eigenvalue weighted by molar-refractivity contribution is 6.52. The van der Waals surface area contributed by atoms with Crippen molar-refractivity contribution < 1.29 is 9.59 Å². The van der Waals surface area contributed by atoms with Gasteiger partial charge in [-0.05, 0) is 0 Å². The number of rotatable bonds is 0. The molecule has 0 amide bonds. The lowest BCUT2D eigenvalue weighted by molar-refractivity contribution is 0.0812. The third kappa shape index (κ3) is 0.952. The highest BCUT2D eigenvalue weighted by Crippen LogP contribution is 2.30. The van der Waals surface area contributed by atoms with Crippen molar-refractivity contribution >= 4 is 11.6 Å². The molecule has 0 radical (unpaired) electrons. The Balaban J connectivity index is 2.41. The van der Waals surface area contributed by atoms with Crippen molar-refractivity contribution in [1.82, 2.24) is 15.1 Å². The van der Waals surface area contributed by atoms with Gasteiger partial charge < -0.3 is 5.84 Å². The second-order valence-electron chi connectivity index (χ2n) is 3.42. The van der Waals surface area contributed by atoms with Crippen LogP contribution >= 0.6 is 0 Å². The number of nitrogen functional groups attached to an aromatic ring is 1. The van der Waals surface area contributed by atoms with Crippen molar-refractivity contribution in [3.63, 3.8) is 0 Å². The van der Waals surface area contributed by atoms with Gasteiger partial charge in [-0.2, -0.15) is 0 Å². The predicted molar refractivity (Wildman–Crippen MR) is 54.3 cm³/mol. The van der Waals surface area contributed by atoms with E-state index in [9.17, 15) is 9.59 Å². The fraction of sp³-hybridized carbons (Fsp3) is 0. The van der Waals surface area contributed by atoms with E-state index in [1.54, 1.807) is 24.3 Å². The molecule has 0 saturated heterocycles. The van der Waals surface area contributed by atoms with Gasteiger partial charge in [0.2, 0.25) is 5.78 Å².